The Hall–Kier alpha value is -1.42. The van der Waals surface area contributed by atoms with E-state index in [0.29, 0.717) is 17.4 Å². The third-order valence-corrected chi connectivity index (χ3v) is 10.7. The molecule has 0 radical (unpaired) electrons. The summed E-state index contributed by atoms with van der Waals surface area (Å²) >= 11 is 6.41. The number of halogens is 1. The Morgan fingerprint density at radius 2 is 1.94 bits per heavy atom. The third-order valence-electron chi connectivity index (χ3n) is 10.4. The van der Waals surface area contributed by atoms with Crippen LogP contribution in [0.15, 0.2) is 18.2 Å². The van der Waals surface area contributed by atoms with E-state index in [0.717, 1.165) is 53.0 Å². The number of para-hydroxylation sites is 1. The molecule has 4 aliphatic rings. The van der Waals surface area contributed by atoms with Crippen molar-refractivity contribution >= 4 is 28.4 Å². The molecule has 8 atom stereocenters. The Bertz CT molecular complexity index is 1030. The Kier molecular flexibility index (Phi) is 5.17. The van der Waals surface area contributed by atoms with Crippen molar-refractivity contribution in [3.8, 4) is 0 Å². The molecule has 6 rings (SSSR count). The number of aromatic nitrogens is 3. The minimum atomic E-state index is 0.152. The van der Waals surface area contributed by atoms with Crippen LogP contribution < -0.4 is 0 Å². The molecule has 5 heteroatoms. The Labute approximate surface area is 196 Å². The van der Waals surface area contributed by atoms with Crippen molar-refractivity contribution in [3.63, 3.8) is 0 Å². The van der Waals surface area contributed by atoms with Crippen molar-refractivity contribution in [2.75, 3.05) is 0 Å². The van der Waals surface area contributed by atoms with E-state index in [1.165, 1.54) is 51.4 Å². The molecule has 1 aromatic heterocycles. The van der Waals surface area contributed by atoms with Crippen LogP contribution in [0.5, 0.6) is 0 Å². The number of nitrogens with zero attached hydrogens (tertiary/aromatic N) is 3. The lowest BCUT2D eigenvalue weighted by molar-refractivity contribution is -0.131. The van der Waals surface area contributed by atoms with Gasteiger partial charge in [0.25, 0.3) is 0 Å². The van der Waals surface area contributed by atoms with Crippen molar-refractivity contribution in [1.82, 2.24) is 15.0 Å². The molecule has 0 amide bonds. The molecule has 2 aromatic rings. The fourth-order valence-electron chi connectivity index (χ4n) is 8.97. The summed E-state index contributed by atoms with van der Waals surface area (Å²) in [6.45, 7) is 5.20. The van der Waals surface area contributed by atoms with Crippen molar-refractivity contribution in [1.29, 1.82) is 0 Å². The number of fused-ring (bicyclic) bond motifs is 6. The zero-order valence-electron chi connectivity index (χ0n) is 19.5. The van der Waals surface area contributed by atoms with Crippen LogP contribution in [-0.2, 0) is 11.3 Å². The van der Waals surface area contributed by atoms with Gasteiger partial charge >= 0.3 is 0 Å². The molecule has 1 aromatic carbocycles. The lowest BCUT2D eigenvalue weighted by atomic mass is 9.49. The van der Waals surface area contributed by atoms with Crippen LogP contribution in [0, 0.1) is 46.8 Å². The number of rotatable bonds is 3. The summed E-state index contributed by atoms with van der Waals surface area (Å²) in [5, 5.41) is 9.12. The summed E-state index contributed by atoms with van der Waals surface area (Å²) in [5.41, 5.74) is 1.71. The summed E-state index contributed by atoms with van der Waals surface area (Å²) in [6.07, 6.45) is 12.1. The summed E-state index contributed by atoms with van der Waals surface area (Å²) in [6, 6.07) is 5.64. The van der Waals surface area contributed by atoms with Crippen LogP contribution in [0.1, 0.15) is 71.6 Å². The average molecular weight is 454 g/mol. The van der Waals surface area contributed by atoms with Crippen molar-refractivity contribution in [2.24, 2.45) is 46.8 Å². The van der Waals surface area contributed by atoms with E-state index in [4.69, 9.17) is 11.6 Å². The molecule has 32 heavy (non-hydrogen) atoms. The predicted molar refractivity (Wildman–Crippen MR) is 127 cm³/mol. The minimum absolute atomic E-state index is 0.152. The number of Topliss-reactive ketones (excluding diaryl/α,β-unsaturated/α-hetero) is 1. The van der Waals surface area contributed by atoms with Crippen molar-refractivity contribution in [3.05, 3.63) is 23.2 Å². The second-order valence-corrected chi connectivity index (χ2v) is 12.3. The molecule has 1 heterocycles. The average Bonchev–Trinajstić information content (AvgIpc) is 3.35. The highest BCUT2D eigenvalue weighted by Gasteiger charge is 2.58. The molecule has 4 nitrogen and oxygen atoms in total. The number of ketones is 1. The molecule has 4 saturated carbocycles. The number of hydrogen-bond acceptors (Lipinski definition) is 3. The SMILES string of the molecule is CC1CCC2C(CCC3C2CCC2(C)C(C(=O)Cn4nnc5cccc(Cl)c54)CCC32)C1. The van der Waals surface area contributed by atoms with Gasteiger partial charge in [0.1, 0.15) is 17.6 Å². The standard InChI is InChI=1S/C27H36ClN3O/c1-16-6-8-18-17(14-16)7-9-20-19(18)12-13-27(2)21(20)10-11-22(27)25(32)15-31-26-23(28)4-3-5-24(26)29-30-31/h3-5,16-22H,6-15H2,1-2H3. The summed E-state index contributed by atoms with van der Waals surface area (Å²) in [7, 11) is 0. The van der Waals surface area contributed by atoms with Gasteiger partial charge in [-0.3, -0.25) is 4.79 Å². The smallest absolute Gasteiger partial charge is 0.157 e. The Morgan fingerprint density at radius 1 is 1.09 bits per heavy atom. The van der Waals surface area contributed by atoms with E-state index in [1.54, 1.807) is 4.68 Å². The van der Waals surface area contributed by atoms with Crippen LogP contribution in [0.3, 0.4) is 0 Å². The van der Waals surface area contributed by atoms with E-state index < -0.39 is 0 Å². The van der Waals surface area contributed by atoms with Gasteiger partial charge in [0.05, 0.1) is 5.02 Å². The van der Waals surface area contributed by atoms with Crippen LogP contribution in [0.2, 0.25) is 5.02 Å². The maximum atomic E-state index is 13.6. The van der Waals surface area contributed by atoms with Gasteiger partial charge in [0.2, 0.25) is 0 Å². The van der Waals surface area contributed by atoms with Gasteiger partial charge in [-0.2, -0.15) is 0 Å². The summed E-state index contributed by atoms with van der Waals surface area (Å²) < 4.78 is 1.73. The highest BCUT2D eigenvalue weighted by Crippen LogP contribution is 2.64. The van der Waals surface area contributed by atoms with Gasteiger partial charge in [-0.1, -0.05) is 43.1 Å². The molecule has 0 N–H and O–H groups in total. The van der Waals surface area contributed by atoms with Crippen LogP contribution in [0.25, 0.3) is 11.0 Å². The zero-order valence-corrected chi connectivity index (χ0v) is 20.2. The molecule has 0 bridgehead atoms. The van der Waals surface area contributed by atoms with Crippen molar-refractivity contribution in [2.45, 2.75) is 78.2 Å². The molecular formula is C27H36ClN3O. The maximum absolute atomic E-state index is 13.6. The highest BCUT2D eigenvalue weighted by atomic mass is 35.5. The van der Waals surface area contributed by atoms with E-state index in [-0.39, 0.29) is 11.3 Å². The Balaban J connectivity index is 1.21. The molecular weight excluding hydrogens is 418 g/mol. The normalized spacial score (nSPS) is 41.2. The van der Waals surface area contributed by atoms with Gasteiger partial charge in [-0.05, 0) is 104 Å². The van der Waals surface area contributed by atoms with Crippen LogP contribution in [0.4, 0.5) is 0 Å². The molecule has 0 spiro atoms. The number of carbonyl (C=O) groups excluding carboxylic acids is 1. The first-order valence-corrected chi connectivity index (χ1v) is 13.3. The summed E-state index contributed by atoms with van der Waals surface area (Å²) in [4.78, 5) is 13.6. The second kappa shape index (κ2) is 7.82. The van der Waals surface area contributed by atoms with E-state index in [1.807, 2.05) is 18.2 Å². The molecule has 0 saturated heterocycles. The molecule has 4 aliphatic carbocycles. The molecule has 0 aliphatic heterocycles. The summed E-state index contributed by atoms with van der Waals surface area (Å²) in [5.74, 6) is 5.86. The quantitative estimate of drug-likeness (QED) is 0.528. The van der Waals surface area contributed by atoms with Gasteiger partial charge in [0, 0.05) is 5.92 Å². The fourth-order valence-corrected chi connectivity index (χ4v) is 9.24. The Morgan fingerprint density at radius 3 is 2.81 bits per heavy atom. The van der Waals surface area contributed by atoms with Crippen molar-refractivity contribution < 1.29 is 4.79 Å². The maximum Gasteiger partial charge on any atom is 0.157 e. The van der Waals surface area contributed by atoms with Crippen LogP contribution in [-0.4, -0.2) is 20.8 Å². The van der Waals surface area contributed by atoms with Gasteiger partial charge < -0.3 is 0 Å². The first kappa shape index (κ1) is 21.1. The molecule has 172 valence electrons. The lowest BCUT2D eigenvalue weighted by Gasteiger charge is -2.56. The second-order valence-electron chi connectivity index (χ2n) is 11.8. The third kappa shape index (κ3) is 3.19. The first-order valence-electron chi connectivity index (χ1n) is 13.0. The topological polar surface area (TPSA) is 47.8 Å². The van der Waals surface area contributed by atoms with Gasteiger partial charge in [0.15, 0.2) is 5.78 Å². The minimum Gasteiger partial charge on any atom is -0.297 e. The largest absolute Gasteiger partial charge is 0.297 e. The van der Waals surface area contributed by atoms with E-state index >= 15 is 0 Å². The monoisotopic (exact) mass is 453 g/mol. The van der Waals surface area contributed by atoms with Gasteiger partial charge in [-0.15, -0.1) is 5.10 Å². The van der Waals surface area contributed by atoms with E-state index in [9.17, 15) is 4.79 Å². The number of carbonyl (C=O) groups is 1. The fraction of sp³-hybridized carbons (Fsp3) is 0.741. The lowest BCUT2D eigenvalue weighted by Crippen LogP contribution is -2.49. The number of hydrogen-bond donors (Lipinski definition) is 0. The van der Waals surface area contributed by atoms with E-state index in [2.05, 4.69) is 24.2 Å². The first-order chi connectivity index (χ1) is 15.5. The molecule has 4 fully saturated rings. The number of benzene rings is 1. The highest BCUT2D eigenvalue weighted by molar-refractivity contribution is 6.34. The predicted octanol–water partition coefficient (Wildman–Crippen LogP) is 6.56. The van der Waals surface area contributed by atoms with Crippen LogP contribution >= 0.6 is 11.6 Å². The van der Waals surface area contributed by atoms with Gasteiger partial charge in [-0.25, -0.2) is 4.68 Å². The zero-order chi connectivity index (χ0) is 22.0. The molecule has 8 unspecified atom stereocenters.